The molecule has 5 heteroatoms. The van der Waals surface area contributed by atoms with Crippen LogP contribution in [0.1, 0.15) is 25.0 Å². The van der Waals surface area contributed by atoms with E-state index in [0.717, 1.165) is 66.5 Å². The maximum Gasteiger partial charge on any atom is 0.164 e. The molecule has 63 heavy (non-hydrogen) atoms. The van der Waals surface area contributed by atoms with Gasteiger partial charge in [-0.05, 0) is 86.6 Å². The fourth-order valence-corrected chi connectivity index (χ4v) is 10.1. The lowest BCUT2D eigenvalue weighted by molar-refractivity contribution is 0.660. The molecule has 12 aromatic rings. The van der Waals surface area contributed by atoms with Gasteiger partial charge in [0.15, 0.2) is 23.1 Å². The third kappa shape index (κ3) is 5.39. The normalized spacial score (nSPS) is 13.0. The molecule has 0 atom stereocenters. The highest BCUT2D eigenvalue weighted by molar-refractivity contribution is 6.17. The molecule has 0 spiro atoms. The van der Waals surface area contributed by atoms with Crippen molar-refractivity contribution in [3.05, 3.63) is 205 Å². The maximum absolute atomic E-state index is 6.95. The molecule has 0 amide bonds. The Hall–Kier alpha value is -8.15. The molecule has 5 nitrogen and oxygen atoms in total. The molecular formula is C58H38N4O. The molecule has 0 saturated carbocycles. The van der Waals surface area contributed by atoms with E-state index < -0.39 is 0 Å². The minimum atomic E-state index is -0.176. The molecule has 3 aromatic heterocycles. The Morgan fingerprint density at radius 2 is 1.02 bits per heavy atom. The SMILES string of the molecule is CC1(C)c2ccccc2-c2ccc(-c3nc(-c4ccc(-c5ccccc5)cc4)nc(-c4ccc(-n5c6ccccc6c6cc7ccccc7cc65)c5oc6ccccc6c45)n3)cc21. The molecular weight excluding hydrogens is 769 g/mol. The maximum atomic E-state index is 6.95. The molecule has 3 heterocycles. The molecule has 0 bridgehead atoms. The summed E-state index contributed by atoms with van der Waals surface area (Å²) in [5.41, 5.74) is 14.8. The quantitative estimate of drug-likeness (QED) is 0.174. The van der Waals surface area contributed by atoms with Crippen LogP contribution in [0.4, 0.5) is 0 Å². The first-order valence-electron chi connectivity index (χ1n) is 21.5. The summed E-state index contributed by atoms with van der Waals surface area (Å²) in [5, 5.41) is 6.75. The Bertz CT molecular complexity index is 3820. The van der Waals surface area contributed by atoms with Crippen molar-refractivity contribution in [1.29, 1.82) is 0 Å². The second-order valence-corrected chi connectivity index (χ2v) is 17.2. The van der Waals surface area contributed by atoms with Gasteiger partial charge in [0, 0.05) is 43.7 Å². The molecule has 296 valence electrons. The van der Waals surface area contributed by atoms with Gasteiger partial charge in [-0.2, -0.15) is 0 Å². The predicted octanol–water partition coefficient (Wildman–Crippen LogP) is 15.0. The van der Waals surface area contributed by atoms with Crippen molar-refractivity contribution >= 4 is 54.5 Å². The zero-order valence-electron chi connectivity index (χ0n) is 34.7. The van der Waals surface area contributed by atoms with Crippen LogP contribution >= 0.6 is 0 Å². The minimum Gasteiger partial charge on any atom is -0.454 e. The van der Waals surface area contributed by atoms with Crippen molar-refractivity contribution in [1.82, 2.24) is 19.5 Å². The lowest BCUT2D eigenvalue weighted by atomic mass is 9.82. The highest BCUT2D eigenvalue weighted by Crippen LogP contribution is 2.50. The van der Waals surface area contributed by atoms with Crippen LogP contribution in [-0.4, -0.2) is 19.5 Å². The average Bonchev–Trinajstić information content (AvgIpc) is 3.96. The molecule has 0 N–H and O–H groups in total. The summed E-state index contributed by atoms with van der Waals surface area (Å²) in [6.45, 7) is 4.61. The lowest BCUT2D eigenvalue weighted by Crippen LogP contribution is -2.15. The van der Waals surface area contributed by atoms with Gasteiger partial charge in [0.2, 0.25) is 0 Å². The third-order valence-corrected chi connectivity index (χ3v) is 13.3. The molecule has 1 aliphatic carbocycles. The number of hydrogen-bond donors (Lipinski definition) is 0. The van der Waals surface area contributed by atoms with E-state index >= 15 is 0 Å². The van der Waals surface area contributed by atoms with Crippen LogP contribution in [0.25, 0.3) is 117 Å². The Labute approximate surface area is 363 Å². The number of fused-ring (bicyclic) bond motifs is 10. The Morgan fingerprint density at radius 1 is 0.413 bits per heavy atom. The van der Waals surface area contributed by atoms with Gasteiger partial charge < -0.3 is 8.98 Å². The van der Waals surface area contributed by atoms with E-state index in [1.807, 2.05) is 18.2 Å². The number of nitrogens with zero attached hydrogens (tertiary/aromatic N) is 4. The van der Waals surface area contributed by atoms with Crippen LogP contribution in [0.15, 0.2) is 199 Å². The molecule has 9 aromatic carbocycles. The summed E-state index contributed by atoms with van der Waals surface area (Å²) >= 11 is 0. The highest BCUT2D eigenvalue weighted by Gasteiger charge is 2.35. The summed E-state index contributed by atoms with van der Waals surface area (Å²) < 4.78 is 9.31. The molecule has 13 rings (SSSR count). The van der Waals surface area contributed by atoms with Crippen molar-refractivity contribution in [2.45, 2.75) is 19.3 Å². The van der Waals surface area contributed by atoms with Gasteiger partial charge in [-0.1, -0.05) is 166 Å². The number of para-hydroxylation sites is 2. The third-order valence-electron chi connectivity index (χ3n) is 13.3. The van der Waals surface area contributed by atoms with E-state index in [1.165, 1.54) is 43.8 Å². The predicted molar refractivity (Wildman–Crippen MR) is 258 cm³/mol. The first kappa shape index (κ1) is 35.6. The van der Waals surface area contributed by atoms with Gasteiger partial charge in [0.1, 0.15) is 5.58 Å². The molecule has 1 aliphatic rings. The van der Waals surface area contributed by atoms with E-state index in [2.05, 4.69) is 194 Å². The molecule has 0 saturated heterocycles. The Balaban J connectivity index is 1.05. The van der Waals surface area contributed by atoms with E-state index in [9.17, 15) is 0 Å². The summed E-state index contributed by atoms with van der Waals surface area (Å²) in [7, 11) is 0. The van der Waals surface area contributed by atoms with E-state index in [0.29, 0.717) is 17.5 Å². The van der Waals surface area contributed by atoms with Gasteiger partial charge in [-0.25, -0.2) is 15.0 Å². The van der Waals surface area contributed by atoms with Gasteiger partial charge in [0.05, 0.1) is 16.7 Å². The largest absolute Gasteiger partial charge is 0.454 e. The van der Waals surface area contributed by atoms with Gasteiger partial charge in [-0.15, -0.1) is 0 Å². The molecule has 0 unspecified atom stereocenters. The zero-order valence-corrected chi connectivity index (χ0v) is 34.7. The average molecular weight is 807 g/mol. The molecule has 0 aliphatic heterocycles. The van der Waals surface area contributed by atoms with Gasteiger partial charge in [-0.3, -0.25) is 0 Å². The fraction of sp³-hybridized carbons (Fsp3) is 0.0517. The number of aromatic nitrogens is 4. The minimum absolute atomic E-state index is 0.176. The monoisotopic (exact) mass is 806 g/mol. The van der Waals surface area contributed by atoms with Crippen LogP contribution in [0.5, 0.6) is 0 Å². The summed E-state index contributed by atoms with van der Waals surface area (Å²) in [6, 6.07) is 68.9. The van der Waals surface area contributed by atoms with Crippen LogP contribution in [-0.2, 0) is 5.41 Å². The highest BCUT2D eigenvalue weighted by atomic mass is 16.3. The summed E-state index contributed by atoms with van der Waals surface area (Å²) in [4.78, 5) is 16.0. The van der Waals surface area contributed by atoms with Crippen molar-refractivity contribution < 1.29 is 4.42 Å². The van der Waals surface area contributed by atoms with Crippen LogP contribution in [0.2, 0.25) is 0 Å². The summed E-state index contributed by atoms with van der Waals surface area (Å²) in [5.74, 6) is 1.81. The van der Waals surface area contributed by atoms with E-state index in [-0.39, 0.29) is 5.41 Å². The molecule has 0 fully saturated rings. The van der Waals surface area contributed by atoms with E-state index in [1.54, 1.807) is 0 Å². The number of furan rings is 1. The van der Waals surface area contributed by atoms with Crippen LogP contribution in [0.3, 0.4) is 0 Å². The number of benzene rings is 9. The first-order valence-corrected chi connectivity index (χ1v) is 21.5. The fourth-order valence-electron chi connectivity index (χ4n) is 10.1. The van der Waals surface area contributed by atoms with Gasteiger partial charge >= 0.3 is 0 Å². The first-order chi connectivity index (χ1) is 31.0. The van der Waals surface area contributed by atoms with Crippen LogP contribution in [0, 0.1) is 0 Å². The summed E-state index contributed by atoms with van der Waals surface area (Å²) in [6.07, 6.45) is 0. The van der Waals surface area contributed by atoms with Crippen molar-refractivity contribution in [2.75, 3.05) is 0 Å². The van der Waals surface area contributed by atoms with Crippen molar-refractivity contribution in [3.8, 4) is 62.1 Å². The second-order valence-electron chi connectivity index (χ2n) is 17.2. The lowest BCUT2D eigenvalue weighted by Gasteiger charge is -2.21. The number of hydrogen-bond acceptors (Lipinski definition) is 4. The van der Waals surface area contributed by atoms with Crippen LogP contribution < -0.4 is 0 Å². The standard InChI is InChI=1S/C58H38N4O/c1-58(2)47-21-11-8-18-41(47)42-29-28-40(33-48(42)58)56-59-55(37-26-24-36(25-27-37)35-14-4-3-5-15-35)60-57(61-56)45-30-31-50(54-53(45)44-20-10-13-23-52(44)63-54)62-49-22-12-9-19-43(49)46-32-38-16-6-7-17-39(38)34-51(46)62/h3-34H,1-2H3. The topological polar surface area (TPSA) is 56.7 Å². The van der Waals surface area contributed by atoms with E-state index in [4.69, 9.17) is 19.4 Å². The smallest absolute Gasteiger partial charge is 0.164 e. The van der Waals surface area contributed by atoms with Crippen molar-refractivity contribution in [3.63, 3.8) is 0 Å². The number of rotatable bonds is 5. The van der Waals surface area contributed by atoms with Crippen molar-refractivity contribution in [2.24, 2.45) is 0 Å². The van der Waals surface area contributed by atoms with Gasteiger partial charge in [0.25, 0.3) is 0 Å². The zero-order chi connectivity index (χ0) is 41.8. The Morgan fingerprint density at radius 3 is 1.86 bits per heavy atom. The second kappa shape index (κ2) is 13.4. The Kier molecular flexibility index (Phi) is 7.58. The molecule has 0 radical (unpaired) electrons.